The maximum atomic E-state index is 10.3. The fourth-order valence-electron chi connectivity index (χ4n) is 2.61. The van der Waals surface area contributed by atoms with Gasteiger partial charge in [-0.3, -0.25) is 4.90 Å². The zero-order valence-corrected chi connectivity index (χ0v) is 11.7. The van der Waals surface area contributed by atoms with Crippen LogP contribution in [0.1, 0.15) is 24.9 Å². The molecule has 0 saturated carbocycles. The zero-order valence-electron chi connectivity index (χ0n) is 11.0. The molecule has 2 rings (SSSR count). The summed E-state index contributed by atoms with van der Waals surface area (Å²) in [5, 5.41) is 30.4. The van der Waals surface area contributed by atoms with Crippen LogP contribution >= 0.6 is 11.6 Å². The number of likely N-dealkylation sites (N-methyl/N-ethyl adjacent to an activating group) is 1. The first kappa shape index (κ1) is 14.3. The second kappa shape index (κ2) is 4.77. The third kappa shape index (κ3) is 2.47. The largest absolute Gasteiger partial charge is 0.385 e. The van der Waals surface area contributed by atoms with Crippen LogP contribution in [0.3, 0.4) is 0 Å². The van der Waals surface area contributed by atoms with Crippen LogP contribution in [-0.2, 0) is 0 Å². The minimum Gasteiger partial charge on any atom is -0.385 e. The number of piperidine rings is 1. The highest BCUT2D eigenvalue weighted by Gasteiger charge is 2.53. The van der Waals surface area contributed by atoms with Crippen LogP contribution in [0, 0.1) is 11.3 Å². The molecule has 19 heavy (non-hydrogen) atoms. The fourth-order valence-corrected chi connectivity index (χ4v) is 2.73. The minimum absolute atomic E-state index is 0.123. The van der Waals surface area contributed by atoms with Gasteiger partial charge in [0.05, 0.1) is 0 Å². The monoisotopic (exact) mass is 280 g/mol. The Balaban J connectivity index is 2.33. The van der Waals surface area contributed by atoms with Crippen molar-refractivity contribution in [3.8, 4) is 6.07 Å². The molecular formula is C14H17ClN2O2. The van der Waals surface area contributed by atoms with Gasteiger partial charge in [0.15, 0.2) is 5.60 Å². The third-order valence-electron chi connectivity index (χ3n) is 3.91. The maximum Gasteiger partial charge on any atom is 0.182 e. The molecule has 1 fully saturated rings. The standard InChI is InChI=1S/C14H17ClN2O2/c1-13(18)9-17(2)12(7-14(13,19)8-16)10-3-5-11(15)6-4-10/h3-6,12,18-19H,7,9H2,1-2H3/t12-,13-,14-/m1/s1. The molecule has 1 aliphatic heterocycles. The van der Waals surface area contributed by atoms with E-state index in [9.17, 15) is 15.5 Å². The van der Waals surface area contributed by atoms with Crippen LogP contribution in [0.25, 0.3) is 0 Å². The molecule has 0 bridgehead atoms. The lowest BCUT2D eigenvalue weighted by molar-refractivity contribution is -0.161. The minimum atomic E-state index is -1.75. The highest BCUT2D eigenvalue weighted by atomic mass is 35.5. The predicted octanol–water partition coefficient (Wildman–Crippen LogP) is 1.72. The van der Waals surface area contributed by atoms with Crippen LogP contribution in [-0.4, -0.2) is 39.9 Å². The molecule has 4 nitrogen and oxygen atoms in total. The molecule has 0 aromatic heterocycles. The maximum absolute atomic E-state index is 10.3. The van der Waals surface area contributed by atoms with Crippen molar-refractivity contribution in [2.24, 2.45) is 0 Å². The van der Waals surface area contributed by atoms with E-state index in [-0.39, 0.29) is 19.0 Å². The van der Waals surface area contributed by atoms with Gasteiger partial charge in [-0.15, -0.1) is 0 Å². The Morgan fingerprint density at radius 3 is 2.47 bits per heavy atom. The fraction of sp³-hybridized carbons (Fsp3) is 0.500. The number of rotatable bonds is 1. The van der Waals surface area contributed by atoms with E-state index in [1.165, 1.54) is 6.92 Å². The number of β-amino-alcohol motifs (C(OH)–C–C–N with tert-alkyl or cyclic N) is 1. The summed E-state index contributed by atoms with van der Waals surface area (Å²) in [6.07, 6.45) is 0.161. The summed E-state index contributed by atoms with van der Waals surface area (Å²) >= 11 is 5.86. The van der Waals surface area contributed by atoms with Crippen molar-refractivity contribution in [1.29, 1.82) is 5.26 Å². The van der Waals surface area contributed by atoms with E-state index in [1.54, 1.807) is 12.1 Å². The molecular weight excluding hydrogens is 264 g/mol. The molecule has 1 saturated heterocycles. The summed E-state index contributed by atoms with van der Waals surface area (Å²) in [7, 11) is 1.87. The van der Waals surface area contributed by atoms with Crippen molar-refractivity contribution in [2.75, 3.05) is 13.6 Å². The van der Waals surface area contributed by atoms with Gasteiger partial charge in [0.25, 0.3) is 0 Å². The third-order valence-corrected chi connectivity index (χ3v) is 4.16. The van der Waals surface area contributed by atoms with Crippen molar-refractivity contribution in [1.82, 2.24) is 4.90 Å². The van der Waals surface area contributed by atoms with Crippen molar-refractivity contribution >= 4 is 11.6 Å². The molecule has 0 aliphatic carbocycles. The van der Waals surface area contributed by atoms with Gasteiger partial charge in [-0.2, -0.15) is 5.26 Å². The summed E-state index contributed by atoms with van der Waals surface area (Å²) < 4.78 is 0. The Hall–Kier alpha value is -1.12. The van der Waals surface area contributed by atoms with E-state index in [2.05, 4.69) is 0 Å². The average Bonchev–Trinajstić information content (AvgIpc) is 2.34. The lowest BCUT2D eigenvalue weighted by Gasteiger charge is -2.48. The van der Waals surface area contributed by atoms with Crippen LogP contribution in [0.15, 0.2) is 24.3 Å². The van der Waals surface area contributed by atoms with Gasteiger partial charge in [-0.05, 0) is 31.7 Å². The Morgan fingerprint density at radius 1 is 1.37 bits per heavy atom. The van der Waals surface area contributed by atoms with E-state index in [0.717, 1.165) is 5.56 Å². The van der Waals surface area contributed by atoms with Crippen molar-refractivity contribution < 1.29 is 10.2 Å². The molecule has 1 aliphatic rings. The Kier molecular flexibility index (Phi) is 3.59. The highest BCUT2D eigenvalue weighted by Crippen LogP contribution is 2.40. The SMILES string of the molecule is CN1C[C@@](C)(O)[C@](O)(C#N)C[C@@H]1c1ccc(Cl)cc1. The first-order valence-corrected chi connectivity index (χ1v) is 6.48. The summed E-state index contributed by atoms with van der Waals surface area (Å²) in [5.74, 6) is 0. The highest BCUT2D eigenvalue weighted by molar-refractivity contribution is 6.30. The summed E-state index contributed by atoms with van der Waals surface area (Å²) in [4.78, 5) is 1.94. The molecule has 0 spiro atoms. The van der Waals surface area contributed by atoms with Crippen molar-refractivity contribution in [3.63, 3.8) is 0 Å². The predicted molar refractivity (Wildman–Crippen MR) is 72.6 cm³/mol. The molecule has 0 unspecified atom stereocenters. The number of hydrogen-bond acceptors (Lipinski definition) is 4. The van der Waals surface area contributed by atoms with Gasteiger partial charge in [0.2, 0.25) is 0 Å². The van der Waals surface area contributed by atoms with Gasteiger partial charge in [-0.1, -0.05) is 23.7 Å². The zero-order chi connectivity index (χ0) is 14.3. The van der Waals surface area contributed by atoms with Crippen LogP contribution in [0.2, 0.25) is 5.02 Å². The van der Waals surface area contributed by atoms with Gasteiger partial charge in [0, 0.05) is 24.0 Å². The first-order valence-electron chi connectivity index (χ1n) is 6.11. The molecule has 1 heterocycles. The lowest BCUT2D eigenvalue weighted by Crippen LogP contribution is -2.62. The number of halogens is 1. The molecule has 1 aromatic rings. The van der Waals surface area contributed by atoms with Crippen molar-refractivity contribution in [2.45, 2.75) is 30.6 Å². The van der Waals surface area contributed by atoms with Gasteiger partial charge >= 0.3 is 0 Å². The van der Waals surface area contributed by atoms with Crippen LogP contribution in [0.5, 0.6) is 0 Å². The van der Waals surface area contributed by atoms with Crippen LogP contribution in [0.4, 0.5) is 0 Å². The average molecular weight is 281 g/mol. The summed E-state index contributed by atoms with van der Waals surface area (Å²) in [6, 6.07) is 9.05. The second-order valence-corrected chi connectivity index (χ2v) is 5.87. The second-order valence-electron chi connectivity index (χ2n) is 5.43. The Morgan fingerprint density at radius 2 is 1.95 bits per heavy atom. The van der Waals surface area contributed by atoms with E-state index in [1.807, 2.05) is 30.1 Å². The molecule has 3 atom stereocenters. The number of aliphatic hydroxyl groups is 2. The quantitative estimate of drug-likeness (QED) is 0.769. The lowest BCUT2D eigenvalue weighted by atomic mass is 9.75. The molecule has 5 heteroatoms. The smallest absolute Gasteiger partial charge is 0.182 e. The first-order chi connectivity index (χ1) is 8.79. The Bertz CT molecular complexity index is 509. The van der Waals surface area contributed by atoms with E-state index < -0.39 is 11.2 Å². The molecule has 0 amide bonds. The number of nitrogens with zero attached hydrogens (tertiary/aromatic N) is 2. The number of benzene rings is 1. The number of likely N-dealkylation sites (tertiary alicyclic amines) is 1. The molecule has 0 radical (unpaired) electrons. The summed E-state index contributed by atoms with van der Waals surface area (Å²) in [6.45, 7) is 1.72. The number of nitriles is 1. The van der Waals surface area contributed by atoms with Gasteiger partial charge in [0.1, 0.15) is 11.7 Å². The Labute approximate surface area is 117 Å². The normalized spacial score (nSPS) is 35.9. The molecule has 1 aromatic carbocycles. The summed E-state index contributed by atoms with van der Waals surface area (Å²) in [5.41, 5.74) is -2.22. The van der Waals surface area contributed by atoms with E-state index in [0.29, 0.717) is 5.02 Å². The van der Waals surface area contributed by atoms with Crippen LogP contribution < -0.4 is 0 Å². The van der Waals surface area contributed by atoms with Crippen molar-refractivity contribution in [3.05, 3.63) is 34.9 Å². The van der Waals surface area contributed by atoms with Gasteiger partial charge < -0.3 is 10.2 Å². The van der Waals surface area contributed by atoms with E-state index >= 15 is 0 Å². The molecule has 102 valence electrons. The molecule has 2 N–H and O–H groups in total. The topological polar surface area (TPSA) is 67.5 Å². The van der Waals surface area contributed by atoms with Gasteiger partial charge in [-0.25, -0.2) is 0 Å². The number of hydrogen-bond donors (Lipinski definition) is 2. The van der Waals surface area contributed by atoms with E-state index in [4.69, 9.17) is 11.6 Å².